The Hall–Kier alpha value is -2.17. The lowest BCUT2D eigenvalue weighted by Crippen LogP contribution is -2.43. The fourth-order valence-corrected chi connectivity index (χ4v) is 5.40. The predicted molar refractivity (Wildman–Crippen MR) is 97.2 cm³/mol. The van der Waals surface area contributed by atoms with Gasteiger partial charge >= 0.3 is 0 Å². The number of piperidine rings is 1. The Labute approximate surface area is 153 Å². The van der Waals surface area contributed by atoms with Crippen LogP contribution < -0.4 is 0 Å². The lowest BCUT2D eigenvalue weighted by molar-refractivity contribution is -0.139. The van der Waals surface area contributed by atoms with Crippen LogP contribution in [0.4, 0.5) is 0 Å². The molecule has 2 aromatic rings. The molecule has 26 heavy (non-hydrogen) atoms. The number of amides is 1. The van der Waals surface area contributed by atoms with Crippen LogP contribution in [-0.4, -0.2) is 34.0 Å². The largest absolute Gasteiger partial charge is 0.342 e. The first-order valence-corrected chi connectivity index (χ1v) is 9.99. The maximum Gasteiger partial charge on any atom is 0.231 e. The number of hydrogen-bond acceptors (Lipinski definition) is 4. The molecule has 1 amide bonds. The van der Waals surface area contributed by atoms with Crippen molar-refractivity contribution in [3.63, 3.8) is 0 Å². The minimum Gasteiger partial charge on any atom is -0.342 e. The molecule has 2 saturated carbocycles. The lowest BCUT2D eigenvalue weighted by atomic mass is 9.78. The van der Waals surface area contributed by atoms with Crippen molar-refractivity contribution in [3.8, 4) is 11.4 Å². The maximum atomic E-state index is 13.3. The van der Waals surface area contributed by atoms with Crippen LogP contribution >= 0.6 is 0 Å². The fourth-order valence-electron chi connectivity index (χ4n) is 5.40. The number of rotatable bonds is 3. The second-order valence-electron chi connectivity index (χ2n) is 8.09. The predicted octanol–water partition coefficient (Wildman–Crippen LogP) is 3.88. The molecule has 2 bridgehead atoms. The van der Waals surface area contributed by atoms with Gasteiger partial charge < -0.3 is 9.42 Å². The molecular formula is C21H25N3O2. The summed E-state index contributed by atoms with van der Waals surface area (Å²) < 4.78 is 5.69. The van der Waals surface area contributed by atoms with Gasteiger partial charge in [-0.25, -0.2) is 0 Å². The second kappa shape index (κ2) is 6.53. The molecule has 0 spiro atoms. The summed E-state index contributed by atoms with van der Waals surface area (Å²) in [6.07, 6.45) is 7.01. The summed E-state index contributed by atoms with van der Waals surface area (Å²) >= 11 is 0. The summed E-state index contributed by atoms with van der Waals surface area (Å²) in [5, 5.41) is 4.21. The molecule has 5 rings (SSSR count). The van der Waals surface area contributed by atoms with Gasteiger partial charge in [-0.3, -0.25) is 4.79 Å². The number of hydrogen-bond donors (Lipinski definition) is 0. The van der Waals surface area contributed by atoms with Crippen molar-refractivity contribution in [2.75, 3.05) is 13.1 Å². The summed E-state index contributed by atoms with van der Waals surface area (Å²) in [5.74, 6) is 2.79. The number of carbonyl (C=O) groups excluding carboxylic acids is 1. The summed E-state index contributed by atoms with van der Waals surface area (Å²) in [7, 11) is 0. The van der Waals surface area contributed by atoms with Crippen molar-refractivity contribution in [1.82, 2.24) is 15.0 Å². The average Bonchev–Trinajstić information content (AvgIpc) is 3.44. The van der Waals surface area contributed by atoms with Gasteiger partial charge in [0.2, 0.25) is 17.6 Å². The smallest absolute Gasteiger partial charge is 0.231 e. The number of aromatic nitrogens is 2. The van der Waals surface area contributed by atoms with E-state index in [1.807, 2.05) is 30.3 Å². The molecule has 0 radical (unpaired) electrons. The van der Waals surface area contributed by atoms with Gasteiger partial charge in [-0.2, -0.15) is 4.98 Å². The first-order chi connectivity index (χ1) is 12.8. The normalized spacial score (nSPS) is 30.7. The van der Waals surface area contributed by atoms with Crippen LogP contribution in [0.15, 0.2) is 34.9 Å². The molecule has 4 atom stereocenters. The molecular weight excluding hydrogens is 326 g/mol. The lowest BCUT2D eigenvalue weighted by Gasteiger charge is -2.34. The molecule has 1 aliphatic heterocycles. The molecule has 0 N–H and O–H groups in total. The highest BCUT2D eigenvalue weighted by Gasteiger charge is 2.54. The van der Waals surface area contributed by atoms with Crippen molar-refractivity contribution in [3.05, 3.63) is 36.2 Å². The van der Waals surface area contributed by atoms with E-state index < -0.39 is 0 Å². The Morgan fingerprint density at radius 3 is 2.62 bits per heavy atom. The van der Waals surface area contributed by atoms with Crippen LogP contribution in [0.2, 0.25) is 0 Å². The van der Waals surface area contributed by atoms with Gasteiger partial charge in [0.25, 0.3) is 0 Å². The van der Waals surface area contributed by atoms with Crippen LogP contribution in [-0.2, 0) is 4.79 Å². The van der Waals surface area contributed by atoms with E-state index in [4.69, 9.17) is 9.51 Å². The fraction of sp³-hybridized carbons (Fsp3) is 0.571. The molecule has 1 aromatic heterocycles. The standard InChI is InChI=1S/C21H25N3O2/c25-21(24-11-5-2-6-12-24)18-16-10-9-15(13-16)17(18)20-22-19(23-26-20)14-7-3-1-4-8-14/h1,3-4,7-8,15-18H,2,5-6,9-13H2/t15-,16+,17+,18+/m1/s1. The number of fused-ring (bicyclic) bond motifs is 2. The van der Waals surface area contributed by atoms with Gasteiger partial charge in [0.1, 0.15) is 0 Å². The number of likely N-dealkylation sites (tertiary alicyclic amines) is 1. The van der Waals surface area contributed by atoms with Gasteiger partial charge in [0.15, 0.2) is 0 Å². The molecule has 3 fully saturated rings. The molecule has 1 aromatic carbocycles. The van der Waals surface area contributed by atoms with E-state index in [0.29, 0.717) is 29.5 Å². The highest BCUT2D eigenvalue weighted by Crippen LogP contribution is 2.57. The van der Waals surface area contributed by atoms with Gasteiger partial charge in [-0.05, 0) is 50.4 Å². The van der Waals surface area contributed by atoms with Crippen molar-refractivity contribution < 1.29 is 9.32 Å². The summed E-state index contributed by atoms with van der Waals surface area (Å²) in [6, 6.07) is 9.92. The minimum atomic E-state index is 0.0379. The molecule has 5 nitrogen and oxygen atoms in total. The molecule has 136 valence electrons. The average molecular weight is 351 g/mol. The highest BCUT2D eigenvalue weighted by molar-refractivity contribution is 5.81. The summed E-state index contributed by atoms with van der Waals surface area (Å²) in [4.78, 5) is 20.1. The van der Waals surface area contributed by atoms with Crippen molar-refractivity contribution in [1.29, 1.82) is 0 Å². The van der Waals surface area contributed by atoms with E-state index in [-0.39, 0.29) is 11.8 Å². The zero-order valence-electron chi connectivity index (χ0n) is 15.0. The van der Waals surface area contributed by atoms with Crippen molar-refractivity contribution >= 4 is 5.91 Å². The minimum absolute atomic E-state index is 0.0379. The van der Waals surface area contributed by atoms with Gasteiger partial charge in [-0.15, -0.1) is 0 Å². The van der Waals surface area contributed by atoms with Crippen LogP contribution in [0.25, 0.3) is 11.4 Å². The molecule has 5 heteroatoms. The van der Waals surface area contributed by atoms with Crippen LogP contribution in [0, 0.1) is 17.8 Å². The highest BCUT2D eigenvalue weighted by atomic mass is 16.5. The first kappa shape index (κ1) is 16.0. The second-order valence-corrected chi connectivity index (χ2v) is 8.09. The van der Waals surface area contributed by atoms with Crippen LogP contribution in [0.1, 0.15) is 50.3 Å². The van der Waals surface area contributed by atoms with E-state index in [9.17, 15) is 4.79 Å². The monoisotopic (exact) mass is 351 g/mol. The van der Waals surface area contributed by atoms with E-state index in [2.05, 4.69) is 10.1 Å². The first-order valence-electron chi connectivity index (χ1n) is 9.99. The number of benzene rings is 1. The van der Waals surface area contributed by atoms with Crippen LogP contribution in [0.3, 0.4) is 0 Å². The molecule has 0 unspecified atom stereocenters. The van der Waals surface area contributed by atoms with Crippen molar-refractivity contribution in [2.45, 2.75) is 44.4 Å². The maximum absolute atomic E-state index is 13.3. The topological polar surface area (TPSA) is 59.2 Å². The SMILES string of the molecule is O=C([C@H]1[C@H]2CC[C@H](C2)[C@@H]1c1nc(-c2ccccc2)no1)N1CCCCC1. The summed E-state index contributed by atoms with van der Waals surface area (Å²) in [6.45, 7) is 1.83. The van der Waals surface area contributed by atoms with E-state index in [0.717, 1.165) is 37.9 Å². The molecule has 3 aliphatic rings. The Morgan fingerprint density at radius 1 is 1.04 bits per heavy atom. The molecule has 2 heterocycles. The Balaban J connectivity index is 1.43. The van der Waals surface area contributed by atoms with E-state index in [1.54, 1.807) is 0 Å². The zero-order valence-corrected chi connectivity index (χ0v) is 15.0. The Kier molecular flexibility index (Phi) is 4.03. The Morgan fingerprint density at radius 2 is 1.81 bits per heavy atom. The summed E-state index contributed by atoms with van der Waals surface area (Å²) in [5.41, 5.74) is 0.963. The van der Waals surface area contributed by atoms with Gasteiger partial charge in [0.05, 0.1) is 11.8 Å². The van der Waals surface area contributed by atoms with Gasteiger partial charge in [-0.1, -0.05) is 35.5 Å². The third-order valence-corrected chi connectivity index (χ3v) is 6.63. The van der Waals surface area contributed by atoms with Crippen LogP contribution in [0.5, 0.6) is 0 Å². The Bertz CT molecular complexity index is 782. The van der Waals surface area contributed by atoms with E-state index in [1.165, 1.54) is 19.3 Å². The van der Waals surface area contributed by atoms with Crippen molar-refractivity contribution in [2.24, 2.45) is 17.8 Å². The number of nitrogens with zero attached hydrogens (tertiary/aromatic N) is 3. The van der Waals surface area contributed by atoms with E-state index >= 15 is 0 Å². The third-order valence-electron chi connectivity index (χ3n) is 6.63. The van der Waals surface area contributed by atoms with Gasteiger partial charge in [0, 0.05) is 18.7 Å². The number of carbonyl (C=O) groups is 1. The molecule has 1 saturated heterocycles. The quantitative estimate of drug-likeness (QED) is 0.842. The molecule has 2 aliphatic carbocycles. The zero-order chi connectivity index (χ0) is 17.5. The third kappa shape index (κ3) is 2.65.